The largest absolute Gasteiger partial charge is 0.360 e. The van der Waals surface area contributed by atoms with Crippen LogP contribution in [-0.2, 0) is 10.8 Å². The van der Waals surface area contributed by atoms with E-state index < -0.39 is 10.8 Å². The Labute approximate surface area is 104 Å². The summed E-state index contributed by atoms with van der Waals surface area (Å²) in [5, 5.41) is 4.58. The van der Waals surface area contributed by atoms with Gasteiger partial charge in [-0.2, -0.15) is 0 Å². The van der Waals surface area contributed by atoms with Crippen LogP contribution < -0.4 is 5.32 Å². The minimum Gasteiger partial charge on any atom is -0.360 e. The molecule has 0 amide bonds. The fourth-order valence-corrected chi connectivity index (χ4v) is 4.59. The highest BCUT2D eigenvalue weighted by Gasteiger charge is 2.25. The van der Waals surface area contributed by atoms with E-state index in [4.69, 9.17) is 4.99 Å². The van der Waals surface area contributed by atoms with Crippen LogP contribution in [0.25, 0.3) is 0 Å². The van der Waals surface area contributed by atoms with Crippen molar-refractivity contribution in [3.63, 3.8) is 0 Å². The number of thioether (sulfide) groups is 1. The summed E-state index contributed by atoms with van der Waals surface area (Å²) in [6.45, 7) is 4.44. The molecule has 16 heavy (non-hydrogen) atoms. The molecule has 1 N–H and O–H groups in total. The fourth-order valence-electron chi connectivity index (χ4n) is 1.94. The average Bonchev–Trinajstić information content (AvgIpc) is 2.20. The van der Waals surface area contributed by atoms with E-state index in [9.17, 15) is 4.21 Å². The van der Waals surface area contributed by atoms with Gasteiger partial charge in [0.05, 0.1) is 6.04 Å². The summed E-state index contributed by atoms with van der Waals surface area (Å²) >= 11 is 1.82. The molecule has 0 saturated carbocycles. The zero-order valence-electron chi connectivity index (χ0n) is 9.99. The minimum absolute atomic E-state index is 0.182. The van der Waals surface area contributed by atoms with Crippen LogP contribution in [0.2, 0.25) is 0 Å². The van der Waals surface area contributed by atoms with Crippen molar-refractivity contribution in [1.82, 2.24) is 5.32 Å². The first-order valence-corrected chi connectivity index (χ1v) is 8.36. The first-order valence-electron chi connectivity index (χ1n) is 5.89. The number of aliphatic imine (C=N–C) groups is 1. The lowest BCUT2D eigenvalue weighted by molar-refractivity contribution is 0.444. The molecule has 0 radical (unpaired) electrons. The van der Waals surface area contributed by atoms with Gasteiger partial charge in [-0.25, -0.2) is 0 Å². The van der Waals surface area contributed by atoms with Gasteiger partial charge in [-0.3, -0.25) is 9.20 Å². The molecular weight excluding hydrogens is 240 g/mol. The molecule has 92 valence electrons. The molecule has 3 nitrogen and oxygen atoms in total. The smallest absolute Gasteiger partial charge is 0.157 e. The van der Waals surface area contributed by atoms with Crippen LogP contribution in [-0.4, -0.2) is 38.2 Å². The SMILES string of the molecule is CC1(C)CCSC(=NC2CCS(=O)CC2)N1. The Balaban J connectivity index is 1.93. The van der Waals surface area contributed by atoms with E-state index in [1.54, 1.807) is 0 Å². The molecule has 0 bridgehead atoms. The number of amidine groups is 1. The Morgan fingerprint density at radius 1 is 1.44 bits per heavy atom. The van der Waals surface area contributed by atoms with Crippen molar-refractivity contribution >= 4 is 27.7 Å². The van der Waals surface area contributed by atoms with Crippen molar-refractivity contribution in [3.05, 3.63) is 0 Å². The highest BCUT2D eigenvalue weighted by atomic mass is 32.2. The minimum atomic E-state index is -0.579. The van der Waals surface area contributed by atoms with Crippen LogP contribution in [0.15, 0.2) is 4.99 Å². The maximum absolute atomic E-state index is 11.2. The molecule has 2 aliphatic heterocycles. The zero-order chi connectivity index (χ0) is 11.6. The van der Waals surface area contributed by atoms with Gasteiger partial charge in [0.15, 0.2) is 5.17 Å². The van der Waals surface area contributed by atoms with E-state index in [-0.39, 0.29) is 5.54 Å². The van der Waals surface area contributed by atoms with Gasteiger partial charge in [-0.05, 0) is 33.1 Å². The summed E-state index contributed by atoms with van der Waals surface area (Å²) in [5.41, 5.74) is 0.182. The molecule has 0 aromatic carbocycles. The normalized spacial score (nSPS) is 37.0. The van der Waals surface area contributed by atoms with Crippen LogP contribution in [0.4, 0.5) is 0 Å². The van der Waals surface area contributed by atoms with Crippen molar-refractivity contribution in [2.45, 2.75) is 44.7 Å². The van der Waals surface area contributed by atoms with Crippen molar-refractivity contribution < 1.29 is 4.21 Å². The fraction of sp³-hybridized carbons (Fsp3) is 0.909. The van der Waals surface area contributed by atoms with Gasteiger partial charge in [0.1, 0.15) is 0 Å². The molecule has 5 heteroatoms. The third-order valence-electron chi connectivity index (χ3n) is 3.07. The van der Waals surface area contributed by atoms with Crippen molar-refractivity contribution in [2.75, 3.05) is 17.3 Å². The highest BCUT2D eigenvalue weighted by Crippen LogP contribution is 2.23. The van der Waals surface area contributed by atoms with E-state index in [2.05, 4.69) is 19.2 Å². The van der Waals surface area contributed by atoms with Gasteiger partial charge in [-0.1, -0.05) is 11.8 Å². The summed E-state index contributed by atoms with van der Waals surface area (Å²) < 4.78 is 11.2. The Kier molecular flexibility index (Phi) is 3.95. The summed E-state index contributed by atoms with van der Waals surface area (Å²) in [6.07, 6.45) is 3.16. The predicted octanol–water partition coefficient (Wildman–Crippen LogP) is 1.76. The van der Waals surface area contributed by atoms with Gasteiger partial charge in [0.2, 0.25) is 0 Å². The third-order valence-corrected chi connectivity index (χ3v) is 5.34. The highest BCUT2D eigenvalue weighted by molar-refractivity contribution is 8.13. The number of rotatable bonds is 1. The lowest BCUT2D eigenvalue weighted by Crippen LogP contribution is -2.46. The average molecular weight is 260 g/mol. The molecule has 0 aromatic rings. The predicted molar refractivity (Wildman–Crippen MR) is 72.6 cm³/mol. The van der Waals surface area contributed by atoms with Crippen LogP contribution in [0.1, 0.15) is 33.1 Å². The summed E-state index contributed by atoms with van der Waals surface area (Å²) in [7, 11) is -0.579. The Morgan fingerprint density at radius 3 is 2.75 bits per heavy atom. The van der Waals surface area contributed by atoms with Gasteiger partial charge in [0.25, 0.3) is 0 Å². The first kappa shape index (κ1) is 12.4. The van der Waals surface area contributed by atoms with Crippen LogP contribution in [0, 0.1) is 0 Å². The van der Waals surface area contributed by atoms with E-state index in [1.807, 2.05) is 11.8 Å². The molecule has 2 rings (SSSR count). The molecule has 2 saturated heterocycles. The molecule has 2 heterocycles. The standard InChI is InChI=1S/C11H20N2OS2/c1-11(2)5-6-15-10(13-11)12-9-3-7-16(14)8-4-9/h9H,3-8H2,1-2H3,(H,12,13). The molecule has 0 unspecified atom stereocenters. The molecule has 2 fully saturated rings. The van der Waals surface area contributed by atoms with Crippen LogP contribution in [0.5, 0.6) is 0 Å². The second-order valence-corrected chi connectivity index (χ2v) is 7.90. The van der Waals surface area contributed by atoms with Crippen LogP contribution in [0.3, 0.4) is 0 Å². The lowest BCUT2D eigenvalue weighted by Gasteiger charge is -2.33. The summed E-state index contributed by atoms with van der Waals surface area (Å²) in [5.74, 6) is 2.81. The second-order valence-electron chi connectivity index (χ2n) is 5.12. The van der Waals surface area contributed by atoms with E-state index in [0.717, 1.165) is 35.3 Å². The van der Waals surface area contributed by atoms with Crippen molar-refractivity contribution in [2.24, 2.45) is 4.99 Å². The molecule has 0 aromatic heterocycles. The van der Waals surface area contributed by atoms with E-state index in [1.165, 1.54) is 6.42 Å². The number of hydrogen-bond acceptors (Lipinski definition) is 3. The molecule has 0 spiro atoms. The third kappa shape index (κ3) is 3.48. The van der Waals surface area contributed by atoms with E-state index in [0.29, 0.717) is 6.04 Å². The summed E-state index contributed by atoms with van der Waals surface area (Å²) in [6, 6.07) is 0.390. The number of hydrogen-bond donors (Lipinski definition) is 1. The zero-order valence-corrected chi connectivity index (χ0v) is 11.6. The van der Waals surface area contributed by atoms with Gasteiger partial charge in [0, 0.05) is 33.6 Å². The monoisotopic (exact) mass is 260 g/mol. The lowest BCUT2D eigenvalue weighted by atomic mass is 10.0. The molecule has 0 aliphatic carbocycles. The van der Waals surface area contributed by atoms with Gasteiger partial charge < -0.3 is 5.32 Å². The molecular formula is C11H20N2OS2. The maximum Gasteiger partial charge on any atom is 0.157 e. The molecule has 0 atom stereocenters. The van der Waals surface area contributed by atoms with Crippen LogP contribution >= 0.6 is 11.8 Å². The van der Waals surface area contributed by atoms with Crippen molar-refractivity contribution in [3.8, 4) is 0 Å². The summed E-state index contributed by atoms with van der Waals surface area (Å²) in [4.78, 5) is 4.76. The second kappa shape index (κ2) is 5.08. The Hall–Kier alpha value is -0.0300. The number of nitrogens with one attached hydrogen (secondary N) is 1. The molecule has 2 aliphatic rings. The first-order chi connectivity index (χ1) is 7.55. The quantitative estimate of drug-likeness (QED) is 0.781. The maximum atomic E-state index is 11.2. The number of nitrogens with zero attached hydrogens (tertiary/aromatic N) is 1. The van der Waals surface area contributed by atoms with Gasteiger partial charge in [-0.15, -0.1) is 0 Å². The topological polar surface area (TPSA) is 41.5 Å². The Morgan fingerprint density at radius 2 is 2.12 bits per heavy atom. The van der Waals surface area contributed by atoms with E-state index >= 15 is 0 Å². The Bertz CT molecular complexity index is 305. The van der Waals surface area contributed by atoms with Gasteiger partial charge >= 0.3 is 0 Å². The van der Waals surface area contributed by atoms with Crippen molar-refractivity contribution in [1.29, 1.82) is 0 Å².